The summed E-state index contributed by atoms with van der Waals surface area (Å²) in [7, 11) is 0. The second-order valence-corrected chi connectivity index (χ2v) is 5.73. The lowest BCUT2D eigenvalue weighted by Crippen LogP contribution is -2.45. The fourth-order valence-electron chi connectivity index (χ4n) is 3.60. The molecule has 1 heterocycles. The molecule has 3 rings (SSSR count). The number of aromatic nitrogens is 1. The summed E-state index contributed by atoms with van der Waals surface area (Å²) < 4.78 is 5.48. The fraction of sp³-hybridized carbons (Fsp3) is 0.714. The van der Waals surface area contributed by atoms with Crippen LogP contribution in [0.2, 0.25) is 0 Å². The second-order valence-electron chi connectivity index (χ2n) is 5.73. The van der Waals surface area contributed by atoms with E-state index in [-0.39, 0.29) is 30.3 Å². The summed E-state index contributed by atoms with van der Waals surface area (Å²) in [5.41, 5.74) is 6.16. The number of nitrogens with zero attached hydrogens (tertiary/aromatic N) is 1. The van der Waals surface area contributed by atoms with Crippen molar-refractivity contribution in [2.45, 2.75) is 45.2 Å². The van der Waals surface area contributed by atoms with Crippen molar-refractivity contribution in [3.63, 3.8) is 0 Å². The van der Waals surface area contributed by atoms with E-state index in [1.165, 1.54) is 6.42 Å². The molecule has 5 nitrogen and oxygen atoms in total. The molecule has 20 heavy (non-hydrogen) atoms. The van der Waals surface area contributed by atoms with Crippen LogP contribution in [-0.4, -0.2) is 16.9 Å². The predicted octanol–water partition coefficient (Wildman–Crippen LogP) is 1.65. The number of fused-ring (bicyclic) bond motifs is 2. The molecule has 0 radical (unpaired) electrons. The number of carbonyl (C=O) groups excluding carboxylic acids is 1. The normalized spacial score (nSPS) is 31.1. The van der Waals surface area contributed by atoms with Crippen LogP contribution >= 0.6 is 12.4 Å². The standard InChI is InChI=1S/C14H21N3O2.ClH/c1-2-10-6-16-11(19-10)7-17-14(18)12-8-3-4-9(5-8)13(12)15;/h6,8-9,12-13H,2-5,7,15H2,1H3,(H,17,18);1H. The summed E-state index contributed by atoms with van der Waals surface area (Å²) in [6, 6.07) is 0.0366. The van der Waals surface area contributed by atoms with E-state index in [2.05, 4.69) is 10.3 Å². The van der Waals surface area contributed by atoms with Crippen molar-refractivity contribution in [2.75, 3.05) is 0 Å². The van der Waals surface area contributed by atoms with Gasteiger partial charge in [0, 0.05) is 12.5 Å². The molecule has 1 aromatic rings. The zero-order valence-corrected chi connectivity index (χ0v) is 12.5. The van der Waals surface area contributed by atoms with Crippen LogP contribution in [-0.2, 0) is 17.8 Å². The van der Waals surface area contributed by atoms with E-state index in [0.717, 1.165) is 25.0 Å². The first-order chi connectivity index (χ1) is 9.19. The summed E-state index contributed by atoms with van der Waals surface area (Å²) in [5, 5.41) is 2.92. The van der Waals surface area contributed by atoms with Gasteiger partial charge in [0.25, 0.3) is 0 Å². The molecule has 4 atom stereocenters. The summed E-state index contributed by atoms with van der Waals surface area (Å²) >= 11 is 0. The molecule has 2 fully saturated rings. The van der Waals surface area contributed by atoms with E-state index >= 15 is 0 Å². The molecule has 4 unspecified atom stereocenters. The highest BCUT2D eigenvalue weighted by Gasteiger charge is 2.48. The van der Waals surface area contributed by atoms with Crippen LogP contribution in [0.1, 0.15) is 37.8 Å². The minimum absolute atomic E-state index is 0. The first-order valence-corrected chi connectivity index (χ1v) is 7.16. The first-order valence-electron chi connectivity index (χ1n) is 7.16. The van der Waals surface area contributed by atoms with Crippen LogP contribution in [0.5, 0.6) is 0 Å². The van der Waals surface area contributed by atoms with Crippen LogP contribution in [0.3, 0.4) is 0 Å². The number of nitrogens with one attached hydrogen (secondary N) is 1. The third kappa shape index (κ3) is 2.69. The first kappa shape index (κ1) is 15.3. The van der Waals surface area contributed by atoms with E-state index in [4.69, 9.17) is 10.2 Å². The molecule has 2 saturated carbocycles. The van der Waals surface area contributed by atoms with Crippen LogP contribution < -0.4 is 11.1 Å². The molecule has 0 saturated heterocycles. The van der Waals surface area contributed by atoms with Crippen molar-refractivity contribution in [1.29, 1.82) is 0 Å². The number of hydrogen-bond acceptors (Lipinski definition) is 4. The van der Waals surface area contributed by atoms with Crippen molar-refractivity contribution in [1.82, 2.24) is 10.3 Å². The third-order valence-corrected chi connectivity index (χ3v) is 4.65. The predicted molar refractivity (Wildman–Crippen MR) is 77.3 cm³/mol. The number of rotatable bonds is 4. The summed E-state index contributed by atoms with van der Waals surface area (Å²) in [6.07, 6.45) is 5.99. The van der Waals surface area contributed by atoms with Gasteiger partial charge in [-0.15, -0.1) is 12.4 Å². The average molecular weight is 300 g/mol. The van der Waals surface area contributed by atoms with Gasteiger partial charge in [-0.05, 0) is 31.1 Å². The molecule has 2 bridgehead atoms. The maximum absolute atomic E-state index is 12.2. The van der Waals surface area contributed by atoms with Crippen molar-refractivity contribution >= 4 is 18.3 Å². The van der Waals surface area contributed by atoms with Crippen LogP contribution in [0, 0.1) is 17.8 Å². The maximum atomic E-state index is 12.2. The van der Waals surface area contributed by atoms with Gasteiger partial charge in [-0.25, -0.2) is 4.98 Å². The van der Waals surface area contributed by atoms with Gasteiger partial charge in [-0.3, -0.25) is 4.79 Å². The fourth-order valence-corrected chi connectivity index (χ4v) is 3.60. The average Bonchev–Trinajstić information content (AvgIpc) is 3.11. The maximum Gasteiger partial charge on any atom is 0.225 e. The lowest BCUT2D eigenvalue weighted by Gasteiger charge is -2.26. The molecule has 1 aromatic heterocycles. The molecule has 0 spiro atoms. The number of hydrogen-bond donors (Lipinski definition) is 2. The van der Waals surface area contributed by atoms with Gasteiger partial charge in [0.2, 0.25) is 11.8 Å². The molecule has 2 aliphatic rings. The van der Waals surface area contributed by atoms with E-state index in [9.17, 15) is 4.79 Å². The van der Waals surface area contributed by atoms with Gasteiger partial charge < -0.3 is 15.5 Å². The number of carbonyl (C=O) groups is 1. The largest absolute Gasteiger partial charge is 0.444 e. The van der Waals surface area contributed by atoms with E-state index in [1.807, 2.05) is 6.92 Å². The lowest BCUT2D eigenvalue weighted by atomic mass is 9.84. The lowest BCUT2D eigenvalue weighted by molar-refractivity contribution is -0.127. The highest BCUT2D eigenvalue weighted by molar-refractivity contribution is 5.85. The summed E-state index contributed by atoms with van der Waals surface area (Å²) in [6.45, 7) is 2.37. The van der Waals surface area contributed by atoms with Crippen molar-refractivity contribution in [3.05, 3.63) is 17.8 Å². The van der Waals surface area contributed by atoms with Crippen molar-refractivity contribution in [3.8, 4) is 0 Å². The number of amides is 1. The Kier molecular flexibility index (Phi) is 4.70. The number of oxazole rings is 1. The Balaban J connectivity index is 0.00000147. The topological polar surface area (TPSA) is 81.2 Å². The van der Waals surface area contributed by atoms with E-state index < -0.39 is 0 Å². The van der Waals surface area contributed by atoms with Gasteiger partial charge in [-0.1, -0.05) is 6.92 Å². The Labute approximate surface area is 125 Å². The van der Waals surface area contributed by atoms with Gasteiger partial charge in [0.15, 0.2) is 0 Å². The zero-order chi connectivity index (χ0) is 13.4. The number of nitrogens with two attached hydrogens (primary N) is 1. The third-order valence-electron chi connectivity index (χ3n) is 4.65. The molecule has 2 aliphatic carbocycles. The highest BCUT2D eigenvalue weighted by Crippen LogP contribution is 2.47. The SMILES string of the molecule is CCc1cnc(CNC(=O)C2C3CCC(C3)C2N)o1.Cl. The second kappa shape index (κ2) is 6.14. The Morgan fingerprint density at radius 3 is 2.85 bits per heavy atom. The molecule has 0 aliphatic heterocycles. The van der Waals surface area contributed by atoms with E-state index in [0.29, 0.717) is 24.3 Å². The zero-order valence-electron chi connectivity index (χ0n) is 11.7. The Morgan fingerprint density at radius 2 is 2.25 bits per heavy atom. The molecule has 0 aromatic carbocycles. The molecule has 1 amide bonds. The van der Waals surface area contributed by atoms with Gasteiger partial charge in [-0.2, -0.15) is 0 Å². The highest BCUT2D eigenvalue weighted by atomic mass is 35.5. The van der Waals surface area contributed by atoms with Crippen LogP contribution in [0.25, 0.3) is 0 Å². The van der Waals surface area contributed by atoms with Crippen LogP contribution in [0.15, 0.2) is 10.6 Å². The molecule has 112 valence electrons. The smallest absolute Gasteiger partial charge is 0.225 e. The van der Waals surface area contributed by atoms with E-state index in [1.54, 1.807) is 6.20 Å². The number of halogens is 1. The Hall–Kier alpha value is -1.07. The molecular weight excluding hydrogens is 278 g/mol. The summed E-state index contributed by atoms with van der Waals surface area (Å²) in [5.74, 6) is 2.50. The molecular formula is C14H22ClN3O2. The van der Waals surface area contributed by atoms with Crippen molar-refractivity contribution < 1.29 is 9.21 Å². The van der Waals surface area contributed by atoms with Crippen molar-refractivity contribution in [2.24, 2.45) is 23.5 Å². The summed E-state index contributed by atoms with van der Waals surface area (Å²) in [4.78, 5) is 16.4. The number of aryl methyl sites for hydroxylation is 1. The Bertz CT molecular complexity index is 475. The van der Waals surface area contributed by atoms with Gasteiger partial charge in [0.1, 0.15) is 5.76 Å². The minimum Gasteiger partial charge on any atom is -0.444 e. The van der Waals surface area contributed by atoms with Crippen LogP contribution in [0.4, 0.5) is 0 Å². The Morgan fingerprint density at radius 1 is 1.50 bits per heavy atom. The molecule has 6 heteroatoms. The monoisotopic (exact) mass is 299 g/mol. The minimum atomic E-state index is -0.0145. The van der Waals surface area contributed by atoms with Gasteiger partial charge in [0.05, 0.1) is 18.7 Å². The van der Waals surface area contributed by atoms with Gasteiger partial charge >= 0.3 is 0 Å². The quantitative estimate of drug-likeness (QED) is 0.886. The molecule has 3 N–H and O–H groups in total.